The quantitative estimate of drug-likeness (QED) is 0.717. The lowest BCUT2D eigenvalue weighted by molar-refractivity contribution is -0.136. The molecule has 0 bridgehead atoms. The van der Waals surface area contributed by atoms with Crippen molar-refractivity contribution in [1.82, 2.24) is 15.5 Å². The molecule has 4 aliphatic heterocycles. The predicted octanol–water partition coefficient (Wildman–Crippen LogP) is 0.505. The van der Waals surface area contributed by atoms with Gasteiger partial charge in [0.05, 0.1) is 6.54 Å². The van der Waals surface area contributed by atoms with E-state index in [1.165, 1.54) is 0 Å². The summed E-state index contributed by atoms with van der Waals surface area (Å²) in [5.41, 5.74) is 2.52. The van der Waals surface area contributed by atoms with Gasteiger partial charge in [0.1, 0.15) is 17.4 Å². The predicted molar refractivity (Wildman–Crippen MR) is 91.7 cm³/mol. The Bertz CT molecular complexity index is 828. The summed E-state index contributed by atoms with van der Waals surface area (Å²) in [7, 11) is 0. The summed E-state index contributed by atoms with van der Waals surface area (Å²) in [6.07, 6.45) is 3.44. The number of hydrogen-bond donors (Lipinski definition) is 2. The van der Waals surface area contributed by atoms with Crippen LogP contribution in [0, 0.1) is 0 Å². The summed E-state index contributed by atoms with van der Waals surface area (Å²) in [4.78, 5) is 38.1. The van der Waals surface area contributed by atoms with Crippen molar-refractivity contribution in [2.45, 2.75) is 50.3 Å². The van der Waals surface area contributed by atoms with E-state index < -0.39 is 6.04 Å². The van der Waals surface area contributed by atoms with Crippen LogP contribution in [0.4, 0.5) is 0 Å². The van der Waals surface area contributed by atoms with Gasteiger partial charge in [0.15, 0.2) is 0 Å². The van der Waals surface area contributed by atoms with Crippen LogP contribution < -0.4 is 15.4 Å². The molecule has 1 aromatic carbocycles. The molecule has 7 nitrogen and oxygen atoms in total. The molecule has 1 aromatic rings. The molecule has 1 spiro atoms. The van der Waals surface area contributed by atoms with E-state index in [2.05, 4.69) is 10.6 Å². The van der Waals surface area contributed by atoms with Gasteiger partial charge in [-0.15, -0.1) is 0 Å². The molecule has 0 radical (unpaired) electrons. The normalized spacial score (nSPS) is 26.5. The second kappa shape index (κ2) is 5.54. The monoisotopic (exact) mass is 355 g/mol. The minimum atomic E-state index is -0.586. The summed E-state index contributed by atoms with van der Waals surface area (Å²) < 4.78 is 6.43. The van der Waals surface area contributed by atoms with Gasteiger partial charge in [-0.2, -0.15) is 0 Å². The standard InChI is InChI=1S/C19H21N3O4/c23-15-4-3-14(17(24)21-15)22-10-13-12(18(22)25)2-1-11-9-19(26-16(11)13)5-7-20-8-6-19/h1-2,14,20H,3-10H2,(H,21,23,24). The highest BCUT2D eigenvalue weighted by molar-refractivity contribution is 6.05. The highest BCUT2D eigenvalue weighted by Crippen LogP contribution is 2.45. The fourth-order valence-corrected chi connectivity index (χ4v) is 4.69. The molecular formula is C19H21N3O4. The van der Waals surface area contributed by atoms with Crippen molar-refractivity contribution in [3.8, 4) is 5.75 Å². The number of hydrogen-bond acceptors (Lipinski definition) is 5. The molecule has 4 heterocycles. The van der Waals surface area contributed by atoms with Crippen LogP contribution in [0.3, 0.4) is 0 Å². The lowest BCUT2D eigenvalue weighted by Crippen LogP contribution is -2.52. The van der Waals surface area contributed by atoms with E-state index in [9.17, 15) is 14.4 Å². The van der Waals surface area contributed by atoms with Crippen LogP contribution in [-0.4, -0.2) is 47.4 Å². The van der Waals surface area contributed by atoms with Crippen molar-refractivity contribution >= 4 is 17.7 Å². The molecule has 2 N–H and O–H groups in total. The van der Waals surface area contributed by atoms with Crippen molar-refractivity contribution < 1.29 is 19.1 Å². The van der Waals surface area contributed by atoms with E-state index >= 15 is 0 Å². The number of ether oxygens (including phenoxy) is 1. The highest BCUT2D eigenvalue weighted by Gasteiger charge is 2.45. The van der Waals surface area contributed by atoms with Gasteiger partial charge >= 0.3 is 0 Å². The van der Waals surface area contributed by atoms with Gasteiger partial charge < -0.3 is 15.0 Å². The number of piperidine rings is 2. The van der Waals surface area contributed by atoms with Gasteiger partial charge in [-0.3, -0.25) is 19.7 Å². The lowest BCUT2D eigenvalue weighted by Gasteiger charge is -2.33. The molecule has 0 aliphatic carbocycles. The molecule has 5 rings (SSSR count). The van der Waals surface area contributed by atoms with E-state index in [0.717, 1.165) is 49.2 Å². The Morgan fingerprint density at radius 1 is 1.15 bits per heavy atom. The molecular weight excluding hydrogens is 334 g/mol. The van der Waals surface area contributed by atoms with Crippen molar-refractivity contribution in [3.05, 3.63) is 28.8 Å². The van der Waals surface area contributed by atoms with Gasteiger partial charge in [0.2, 0.25) is 11.8 Å². The summed E-state index contributed by atoms with van der Waals surface area (Å²) in [5, 5.41) is 5.71. The molecule has 2 fully saturated rings. The second-order valence-corrected chi connectivity index (χ2v) is 7.69. The molecule has 136 valence electrons. The Hall–Kier alpha value is -2.41. The number of fused-ring (bicyclic) bond motifs is 3. The largest absolute Gasteiger partial charge is 0.486 e. The number of carbonyl (C=O) groups is 3. The van der Waals surface area contributed by atoms with Gasteiger partial charge in [-0.05, 0) is 44.0 Å². The minimum absolute atomic E-state index is 0.146. The van der Waals surface area contributed by atoms with Crippen molar-refractivity contribution in [2.75, 3.05) is 13.1 Å². The maximum atomic E-state index is 12.9. The molecule has 26 heavy (non-hydrogen) atoms. The summed E-state index contributed by atoms with van der Waals surface area (Å²) in [5.74, 6) is 0.0435. The van der Waals surface area contributed by atoms with E-state index in [4.69, 9.17) is 4.74 Å². The Balaban J connectivity index is 1.45. The van der Waals surface area contributed by atoms with Crippen molar-refractivity contribution in [1.29, 1.82) is 0 Å². The van der Waals surface area contributed by atoms with Gasteiger partial charge in [0, 0.05) is 24.0 Å². The molecule has 3 amide bonds. The average molecular weight is 355 g/mol. The maximum absolute atomic E-state index is 12.9. The number of nitrogens with zero attached hydrogens (tertiary/aromatic N) is 1. The number of rotatable bonds is 1. The van der Waals surface area contributed by atoms with Gasteiger partial charge in [0.25, 0.3) is 5.91 Å². The first-order valence-corrected chi connectivity index (χ1v) is 9.25. The van der Waals surface area contributed by atoms with E-state index in [1.54, 1.807) is 4.90 Å². The maximum Gasteiger partial charge on any atom is 0.255 e. The highest BCUT2D eigenvalue weighted by atomic mass is 16.5. The molecule has 1 unspecified atom stereocenters. The molecule has 0 saturated carbocycles. The zero-order chi connectivity index (χ0) is 17.9. The fourth-order valence-electron chi connectivity index (χ4n) is 4.69. The van der Waals surface area contributed by atoms with Gasteiger partial charge in [-0.25, -0.2) is 0 Å². The number of imide groups is 1. The van der Waals surface area contributed by atoms with Crippen LogP contribution in [0.15, 0.2) is 12.1 Å². The zero-order valence-electron chi connectivity index (χ0n) is 14.5. The third-order valence-corrected chi connectivity index (χ3v) is 6.09. The summed E-state index contributed by atoms with van der Waals surface area (Å²) in [6, 6.07) is 3.28. The average Bonchev–Trinajstić information content (AvgIpc) is 3.14. The van der Waals surface area contributed by atoms with Crippen LogP contribution in [0.25, 0.3) is 0 Å². The van der Waals surface area contributed by atoms with Crippen molar-refractivity contribution in [2.24, 2.45) is 0 Å². The molecule has 4 aliphatic rings. The van der Waals surface area contributed by atoms with E-state index in [-0.39, 0.29) is 29.7 Å². The first-order chi connectivity index (χ1) is 12.6. The fraction of sp³-hybridized carbons (Fsp3) is 0.526. The van der Waals surface area contributed by atoms with Gasteiger partial charge in [-0.1, -0.05) is 6.07 Å². The van der Waals surface area contributed by atoms with Crippen molar-refractivity contribution in [3.63, 3.8) is 0 Å². The smallest absolute Gasteiger partial charge is 0.255 e. The third-order valence-electron chi connectivity index (χ3n) is 6.09. The Morgan fingerprint density at radius 2 is 1.96 bits per heavy atom. The number of carbonyl (C=O) groups excluding carboxylic acids is 3. The summed E-state index contributed by atoms with van der Waals surface area (Å²) in [6.45, 7) is 2.26. The molecule has 2 saturated heterocycles. The second-order valence-electron chi connectivity index (χ2n) is 7.69. The van der Waals surface area contributed by atoms with Crippen LogP contribution in [0.5, 0.6) is 5.75 Å². The number of nitrogens with one attached hydrogen (secondary N) is 2. The van der Waals surface area contributed by atoms with Crippen LogP contribution in [-0.2, 0) is 22.6 Å². The van der Waals surface area contributed by atoms with Crippen LogP contribution >= 0.6 is 0 Å². The van der Waals surface area contributed by atoms with Crippen LogP contribution in [0.2, 0.25) is 0 Å². The minimum Gasteiger partial charge on any atom is -0.486 e. The molecule has 0 aromatic heterocycles. The molecule has 7 heteroatoms. The van der Waals surface area contributed by atoms with E-state index in [0.29, 0.717) is 18.5 Å². The summed E-state index contributed by atoms with van der Waals surface area (Å²) >= 11 is 0. The number of amides is 3. The topological polar surface area (TPSA) is 87.7 Å². The van der Waals surface area contributed by atoms with Crippen LogP contribution in [0.1, 0.15) is 47.2 Å². The Labute approximate surface area is 151 Å². The third kappa shape index (κ3) is 2.26. The van der Waals surface area contributed by atoms with E-state index in [1.807, 2.05) is 12.1 Å². The lowest BCUT2D eigenvalue weighted by atomic mass is 9.87. The molecule has 1 atom stereocenters. The first-order valence-electron chi connectivity index (χ1n) is 9.25. The number of benzene rings is 1. The Kier molecular flexibility index (Phi) is 3.37. The Morgan fingerprint density at radius 3 is 2.73 bits per heavy atom. The zero-order valence-corrected chi connectivity index (χ0v) is 14.5. The SMILES string of the molecule is O=C1CCC(N2Cc3c(ccc4c3OC3(CCNCC3)C4)C2=O)C(=O)N1. The first kappa shape index (κ1) is 15.8.